The van der Waals surface area contributed by atoms with E-state index in [0.717, 1.165) is 5.56 Å². The third kappa shape index (κ3) is 4.33. The lowest BCUT2D eigenvalue weighted by Crippen LogP contribution is -2.24. The highest BCUT2D eigenvalue weighted by Gasteiger charge is 2.11. The number of rotatable bonds is 6. The van der Waals surface area contributed by atoms with Gasteiger partial charge < -0.3 is 9.84 Å². The molecule has 0 bridgehead atoms. The fourth-order valence-corrected chi connectivity index (χ4v) is 2.96. The topological polar surface area (TPSA) is 80.9 Å². The Morgan fingerprint density at radius 3 is 2.50 bits per heavy atom. The van der Waals surface area contributed by atoms with Gasteiger partial charge >= 0.3 is 0 Å². The predicted octanol–water partition coefficient (Wildman–Crippen LogP) is 3.31. The SMILES string of the molecule is Cc1cc(C)c(CNC(=O)CCc2nc(-c3ccncc3)no2)c(C)c1. The lowest BCUT2D eigenvalue weighted by atomic mass is 10.00. The Kier molecular flexibility index (Phi) is 5.41. The molecule has 0 spiro atoms. The summed E-state index contributed by atoms with van der Waals surface area (Å²) in [6.45, 7) is 6.75. The van der Waals surface area contributed by atoms with E-state index in [9.17, 15) is 4.79 Å². The fraction of sp³-hybridized carbons (Fsp3) is 0.300. The monoisotopic (exact) mass is 350 g/mol. The molecule has 134 valence electrons. The van der Waals surface area contributed by atoms with Crippen molar-refractivity contribution >= 4 is 5.91 Å². The summed E-state index contributed by atoms with van der Waals surface area (Å²) >= 11 is 0. The highest BCUT2D eigenvalue weighted by molar-refractivity contribution is 5.76. The van der Waals surface area contributed by atoms with Gasteiger partial charge in [0.15, 0.2) is 0 Å². The van der Waals surface area contributed by atoms with Gasteiger partial charge in [0, 0.05) is 37.3 Å². The molecule has 3 rings (SSSR count). The van der Waals surface area contributed by atoms with Gasteiger partial charge in [-0.1, -0.05) is 22.9 Å². The van der Waals surface area contributed by atoms with Crippen molar-refractivity contribution in [2.24, 2.45) is 0 Å². The zero-order chi connectivity index (χ0) is 18.5. The first-order valence-corrected chi connectivity index (χ1v) is 8.59. The molecule has 0 aliphatic heterocycles. The van der Waals surface area contributed by atoms with Gasteiger partial charge in [0.2, 0.25) is 17.6 Å². The lowest BCUT2D eigenvalue weighted by molar-refractivity contribution is -0.121. The van der Waals surface area contributed by atoms with Crippen LogP contribution in [0.15, 0.2) is 41.2 Å². The van der Waals surface area contributed by atoms with Crippen LogP contribution in [-0.2, 0) is 17.8 Å². The molecule has 3 aromatic rings. The first-order chi connectivity index (χ1) is 12.5. The van der Waals surface area contributed by atoms with Crippen molar-refractivity contribution in [2.45, 2.75) is 40.2 Å². The average molecular weight is 350 g/mol. The molecule has 0 unspecified atom stereocenters. The van der Waals surface area contributed by atoms with Crippen LogP contribution in [0.2, 0.25) is 0 Å². The molecular formula is C20H22N4O2. The number of hydrogen-bond acceptors (Lipinski definition) is 5. The quantitative estimate of drug-likeness (QED) is 0.738. The van der Waals surface area contributed by atoms with Crippen molar-refractivity contribution in [3.63, 3.8) is 0 Å². The van der Waals surface area contributed by atoms with Crippen molar-refractivity contribution in [2.75, 3.05) is 0 Å². The van der Waals surface area contributed by atoms with Crippen molar-refractivity contribution < 1.29 is 9.32 Å². The van der Waals surface area contributed by atoms with Crippen LogP contribution in [0.5, 0.6) is 0 Å². The van der Waals surface area contributed by atoms with Crippen LogP contribution in [0.4, 0.5) is 0 Å². The molecule has 1 N–H and O–H groups in total. The predicted molar refractivity (Wildman–Crippen MR) is 98.3 cm³/mol. The molecule has 0 saturated carbocycles. The van der Waals surface area contributed by atoms with Crippen molar-refractivity contribution in [3.05, 3.63) is 64.8 Å². The fourth-order valence-electron chi connectivity index (χ4n) is 2.96. The van der Waals surface area contributed by atoms with Crippen LogP contribution >= 0.6 is 0 Å². The molecule has 0 aliphatic carbocycles. The zero-order valence-corrected chi connectivity index (χ0v) is 15.2. The second-order valence-electron chi connectivity index (χ2n) is 6.40. The highest BCUT2D eigenvalue weighted by Crippen LogP contribution is 2.17. The number of amides is 1. The molecule has 2 aromatic heterocycles. The first-order valence-electron chi connectivity index (χ1n) is 8.59. The van der Waals surface area contributed by atoms with Crippen LogP contribution in [0.25, 0.3) is 11.4 Å². The number of carbonyl (C=O) groups is 1. The number of benzene rings is 1. The molecule has 0 aliphatic rings. The summed E-state index contributed by atoms with van der Waals surface area (Å²) in [6, 6.07) is 7.89. The Hall–Kier alpha value is -3.02. The van der Waals surface area contributed by atoms with Gasteiger partial charge in [0.1, 0.15) is 0 Å². The normalized spacial score (nSPS) is 10.7. The van der Waals surface area contributed by atoms with Crippen LogP contribution in [-0.4, -0.2) is 21.0 Å². The molecule has 1 amide bonds. The van der Waals surface area contributed by atoms with Crippen LogP contribution in [0.3, 0.4) is 0 Å². The summed E-state index contributed by atoms with van der Waals surface area (Å²) in [4.78, 5) is 20.4. The van der Waals surface area contributed by atoms with E-state index >= 15 is 0 Å². The summed E-state index contributed by atoms with van der Waals surface area (Å²) in [5.74, 6) is 0.927. The van der Waals surface area contributed by atoms with E-state index in [4.69, 9.17) is 4.52 Å². The summed E-state index contributed by atoms with van der Waals surface area (Å²) in [7, 11) is 0. The van der Waals surface area contributed by atoms with Crippen LogP contribution in [0, 0.1) is 20.8 Å². The van der Waals surface area contributed by atoms with E-state index in [0.29, 0.717) is 31.1 Å². The molecule has 1 aromatic carbocycles. The number of carbonyl (C=O) groups excluding carboxylic acids is 1. The number of aromatic nitrogens is 3. The number of aryl methyl sites for hydroxylation is 4. The third-order valence-corrected chi connectivity index (χ3v) is 4.28. The van der Waals surface area contributed by atoms with Gasteiger partial charge in [0.25, 0.3) is 0 Å². The van der Waals surface area contributed by atoms with E-state index in [1.54, 1.807) is 12.4 Å². The number of nitrogens with zero attached hydrogens (tertiary/aromatic N) is 3. The minimum Gasteiger partial charge on any atom is -0.352 e. The van der Waals surface area contributed by atoms with Gasteiger partial charge in [-0.25, -0.2) is 0 Å². The van der Waals surface area contributed by atoms with Gasteiger partial charge in [0.05, 0.1) is 0 Å². The molecule has 0 fully saturated rings. The van der Waals surface area contributed by atoms with E-state index in [2.05, 4.69) is 53.3 Å². The maximum atomic E-state index is 12.1. The zero-order valence-electron chi connectivity index (χ0n) is 15.2. The van der Waals surface area contributed by atoms with E-state index in [1.165, 1.54) is 22.3 Å². The van der Waals surface area contributed by atoms with Gasteiger partial charge in [-0.05, 0) is 49.6 Å². The Balaban J connectivity index is 1.53. The average Bonchev–Trinajstić information content (AvgIpc) is 3.09. The lowest BCUT2D eigenvalue weighted by Gasteiger charge is -2.12. The second kappa shape index (κ2) is 7.91. The molecule has 2 heterocycles. The maximum absolute atomic E-state index is 12.1. The van der Waals surface area contributed by atoms with Crippen molar-refractivity contribution in [3.8, 4) is 11.4 Å². The van der Waals surface area contributed by atoms with E-state index in [-0.39, 0.29) is 5.91 Å². The molecule has 26 heavy (non-hydrogen) atoms. The summed E-state index contributed by atoms with van der Waals surface area (Å²) < 4.78 is 5.22. The van der Waals surface area contributed by atoms with Crippen molar-refractivity contribution in [1.29, 1.82) is 0 Å². The summed E-state index contributed by atoms with van der Waals surface area (Å²) in [5, 5.41) is 6.92. The van der Waals surface area contributed by atoms with Gasteiger partial charge in [-0.2, -0.15) is 4.98 Å². The Morgan fingerprint density at radius 1 is 1.12 bits per heavy atom. The largest absolute Gasteiger partial charge is 0.352 e. The first kappa shape index (κ1) is 17.8. The van der Waals surface area contributed by atoms with Crippen LogP contribution < -0.4 is 5.32 Å². The van der Waals surface area contributed by atoms with E-state index < -0.39 is 0 Å². The summed E-state index contributed by atoms with van der Waals surface area (Å²) in [6.07, 6.45) is 4.07. The number of hydrogen-bond donors (Lipinski definition) is 1. The molecule has 6 nitrogen and oxygen atoms in total. The minimum atomic E-state index is -0.0342. The smallest absolute Gasteiger partial charge is 0.227 e. The molecule has 0 saturated heterocycles. The van der Waals surface area contributed by atoms with Crippen LogP contribution in [0.1, 0.15) is 34.6 Å². The third-order valence-electron chi connectivity index (χ3n) is 4.28. The van der Waals surface area contributed by atoms with E-state index in [1.807, 2.05) is 12.1 Å². The van der Waals surface area contributed by atoms with Gasteiger partial charge in [-0.15, -0.1) is 0 Å². The molecule has 0 atom stereocenters. The Morgan fingerprint density at radius 2 is 1.81 bits per heavy atom. The number of pyridine rings is 1. The standard InChI is InChI=1S/C20H22N4O2/c1-13-10-14(2)17(15(3)11-13)12-22-18(25)4-5-19-23-20(24-26-19)16-6-8-21-9-7-16/h6-11H,4-5,12H2,1-3H3,(H,22,25). The van der Waals surface area contributed by atoms with Crippen molar-refractivity contribution in [1.82, 2.24) is 20.4 Å². The maximum Gasteiger partial charge on any atom is 0.227 e. The second-order valence-corrected chi connectivity index (χ2v) is 6.40. The molecule has 6 heteroatoms. The molecular weight excluding hydrogens is 328 g/mol. The van der Waals surface area contributed by atoms with Gasteiger partial charge in [-0.3, -0.25) is 9.78 Å². The Bertz CT molecular complexity index is 880. The number of nitrogens with one attached hydrogen (secondary N) is 1. The Labute approximate surface area is 152 Å². The minimum absolute atomic E-state index is 0.0342. The highest BCUT2D eigenvalue weighted by atomic mass is 16.5. The molecule has 0 radical (unpaired) electrons. The summed E-state index contributed by atoms with van der Waals surface area (Å²) in [5.41, 5.74) is 5.63.